The summed E-state index contributed by atoms with van der Waals surface area (Å²) in [5.41, 5.74) is 7.73. The van der Waals surface area contributed by atoms with Crippen molar-refractivity contribution in [1.29, 1.82) is 0 Å². The molecule has 4 aromatic rings. The van der Waals surface area contributed by atoms with Gasteiger partial charge in [0.25, 0.3) is 5.91 Å². The maximum absolute atomic E-state index is 14.8. The highest BCUT2D eigenvalue weighted by atomic mass is 16.4. The fourth-order valence-corrected chi connectivity index (χ4v) is 8.07. The van der Waals surface area contributed by atoms with Gasteiger partial charge in [-0.2, -0.15) is 0 Å². The number of allylic oxidation sites excluding steroid dienone is 2. The van der Waals surface area contributed by atoms with Crippen LogP contribution in [0.3, 0.4) is 0 Å². The molecule has 9 nitrogen and oxygen atoms in total. The highest BCUT2D eigenvalue weighted by Crippen LogP contribution is 2.47. The molecule has 2 N–H and O–H groups in total. The number of hydrogen-bond acceptors (Lipinski definition) is 5. The maximum Gasteiger partial charge on any atom is 0.407 e. The summed E-state index contributed by atoms with van der Waals surface area (Å²) in [4.78, 5) is 48.8. The van der Waals surface area contributed by atoms with E-state index in [4.69, 9.17) is 0 Å². The Bertz CT molecular complexity index is 2060. The molecule has 0 saturated carbocycles. The van der Waals surface area contributed by atoms with Crippen molar-refractivity contribution in [2.24, 2.45) is 5.92 Å². The number of hydrogen-bond donors (Lipinski definition) is 2. The molecule has 9 heteroatoms. The topological polar surface area (TPSA) is 105 Å². The fourth-order valence-electron chi connectivity index (χ4n) is 8.07. The zero-order valence-corrected chi connectivity index (χ0v) is 27.8. The number of phenolic OH excluding ortho intramolecular Hbond substituents is 1. The van der Waals surface area contributed by atoms with Gasteiger partial charge in [0.05, 0.1) is 12.0 Å². The van der Waals surface area contributed by atoms with Crippen LogP contribution in [0.5, 0.6) is 5.75 Å². The van der Waals surface area contributed by atoms with Crippen molar-refractivity contribution in [2.45, 2.75) is 51.5 Å². The highest BCUT2D eigenvalue weighted by Gasteiger charge is 2.45. The third kappa shape index (κ3) is 5.48. The molecule has 1 saturated heterocycles. The second-order valence-electron chi connectivity index (χ2n) is 13.6. The first-order valence-corrected chi connectivity index (χ1v) is 17.1. The second-order valence-corrected chi connectivity index (χ2v) is 13.6. The van der Waals surface area contributed by atoms with Crippen LogP contribution in [0.1, 0.15) is 57.6 Å². The molecule has 3 amide bonds. The molecule has 4 heterocycles. The van der Waals surface area contributed by atoms with Gasteiger partial charge in [0.2, 0.25) is 5.91 Å². The van der Waals surface area contributed by atoms with Crippen LogP contribution >= 0.6 is 0 Å². The molecule has 0 bridgehead atoms. The summed E-state index contributed by atoms with van der Waals surface area (Å²) in [7, 11) is 0. The lowest BCUT2D eigenvalue weighted by atomic mass is 9.89. The summed E-state index contributed by atoms with van der Waals surface area (Å²) < 4.78 is 0. The lowest BCUT2D eigenvalue weighted by Crippen LogP contribution is -2.43. The smallest absolute Gasteiger partial charge is 0.407 e. The Labute approximate surface area is 291 Å². The van der Waals surface area contributed by atoms with E-state index in [9.17, 15) is 24.6 Å². The number of carbonyl (C=O) groups excluding carboxylic acids is 2. The average Bonchev–Trinajstić information content (AvgIpc) is 3.74. The Hall–Kier alpha value is -5.83. The first-order valence-electron chi connectivity index (χ1n) is 17.1. The molecule has 2 unspecified atom stereocenters. The molecule has 252 valence electrons. The van der Waals surface area contributed by atoms with Gasteiger partial charge in [-0.25, -0.2) is 4.79 Å². The number of nitrogens with zero attached hydrogens (tertiary/aromatic N) is 4. The van der Waals surface area contributed by atoms with Gasteiger partial charge >= 0.3 is 6.09 Å². The number of benzene rings is 4. The van der Waals surface area contributed by atoms with Crippen LogP contribution in [0.15, 0.2) is 115 Å². The number of para-hydroxylation sites is 1. The summed E-state index contributed by atoms with van der Waals surface area (Å²) in [6, 6.07) is 28.0. The van der Waals surface area contributed by atoms with Crippen molar-refractivity contribution in [3.63, 3.8) is 0 Å². The van der Waals surface area contributed by atoms with E-state index in [-0.39, 0.29) is 42.7 Å². The van der Waals surface area contributed by atoms with E-state index in [1.807, 2.05) is 71.6 Å². The standard InChI is InChI=1S/C41H38N4O5/c1-26-19-27-9-5-6-10-28(27)25-44(26)39(47)35-21-30-24-42(41(49)50)23-29(30)20-34(35)38-22-36(37-13-7-8-18-43(37)38)40(48)45(31-11-3-2-4-12-31)32-14-16-33(46)17-15-32/h2-17,20-21,26,36,38,46H,18-19,22-25H2,1H3,(H,49,50)/t26-,36?,38?/m1/s1. The summed E-state index contributed by atoms with van der Waals surface area (Å²) in [5.74, 6) is -0.598. The number of rotatable bonds is 5. The van der Waals surface area contributed by atoms with Crippen molar-refractivity contribution < 1.29 is 24.6 Å². The minimum absolute atomic E-state index is 0.0231. The molecule has 4 aromatic carbocycles. The van der Waals surface area contributed by atoms with E-state index in [1.165, 1.54) is 10.5 Å². The number of carboxylic acid groups (broad SMARTS) is 1. The average molecular weight is 667 g/mol. The molecule has 0 aliphatic carbocycles. The van der Waals surface area contributed by atoms with E-state index in [0.717, 1.165) is 34.4 Å². The number of phenols is 1. The van der Waals surface area contributed by atoms with Gasteiger partial charge in [0.1, 0.15) is 5.75 Å². The SMILES string of the molecule is C[C@@H]1Cc2ccccc2CN1C(=O)c1cc2c(cc1C1CC(C(=O)N(c3ccccc3)c3ccc(O)cc3)C3=CC=CCN31)CN(C(=O)O)C2. The van der Waals surface area contributed by atoms with E-state index in [2.05, 4.69) is 30.0 Å². The van der Waals surface area contributed by atoms with Crippen LogP contribution < -0.4 is 4.90 Å². The zero-order chi connectivity index (χ0) is 34.5. The zero-order valence-electron chi connectivity index (χ0n) is 27.8. The van der Waals surface area contributed by atoms with Gasteiger partial charge in [-0.05, 0) is 96.1 Å². The van der Waals surface area contributed by atoms with Gasteiger partial charge in [-0.15, -0.1) is 0 Å². The number of aromatic hydroxyl groups is 1. The van der Waals surface area contributed by atoms with Crippen LogP contribution in [0.25, 0.3) is 0 Å². The minimum atomic E-state index is -0.995. The Kier molecular flexibility index (Phi) is 7.90. The van der Waals surface area contributed by atoms with Crippen molar-refractivity contribution in [2.75, 3.05) is 11.4 Å². The predicted octanol–water partition coefficient (Wildman–Crippen LogP) is 7.15. The molecule has 4 aliphatic heterocycles. The molecule has 0 radical (unpaired) electrons. The predicted molar refractivity (Wildman–Crippen MR) is 190 cm³/mol. The lowest BCUT2D eigenvalue weighted by Gasteiger charge is -2.36. The molecule has 0 spiro atoms. The van der Waals surface area contributed by atoms with Crippen molar-refractivity contribution in [3.05, 3.63) is 148 Å². The van der Waals surface area contributed by atoms with Gasteiger partial charge in [-0.1, -0.05) is 60.7 Å². The lowest BCUT2D eigenvalue weighted by molar-refractivity contribution is -0.120. The molecule has 0 aromatic heterocycles. The monoisotopic (exact) mass is 666 g/mol. The number of fused-ring (bicyclic) bond motifs is 3. The van der Waals surface area contributed by atoms with Gasteiger partial charge < -0.3 is 20.0 Å². The van der Waals surface area contributed by atoms with E-state index in [1.54, 1.807) is 29.2 Å². The Morgan fingerprint density at radius 2 is 1.48 bits per heavy atom. The van der Waals surface area contributed by atoms with Crippen LogP contribution in [-0.2, 0) is 30.8 Å². The summed E-state index contributed by atoms with van der Waals surface area (Å²) in [5, 5.41) is 19.9. The fraction of sp³-hybridized carbons (Fsp3) is 0.244. The first-order chi connectivity index (χ1) is 24.3. The molecular weight excluding hydrogens is 628 g/mol. The minimum Gasteiger partial charge on any atom is -0.508 e. The van der Waals surface area contributed by atoms with Gasteiger partial charge in [-0.3, -0.25) is 19.4 Å². The van der Waals surface area contributed by atoms with Crippen LogP contribution in [0, 0.1) is 5.92 Å². The normalized spacial score (nSPS) is 20.5. The van der Waals surface area contributed by atoms with Crippen molar-refractivity contribution >= 4 is 29.3 Å². The molecular formula is C41H38N4O5. The third-order valence-corrected chi connectivity index (χ3v) is 10.6. The number of anilines is 2. The van der Waals surface area contributed by atoms with Crippen molar-refractivity contribution in [1.82, 2.24) is 14.7 Å². The van der Waals surface area contributed by atoms with Crippen molar-refractivity contribution in [3.8, 4) is 5.75 Å². The highest BCUT2D eigenvalue weighted by molar-refractivity contribution is 6.03. The molecule has 8 rings (SSSR count). The Balaban J connectivity index is 1.20. The molecule has 1 fully saturated rings. The number of amides is 3. The first kappa shape index (κ1) is 31.4. The van der Waals surface area contributed by atoms with Gasteiger partial charge in [0, 0.05) is 54.9 Å². The molecule has 3 atom stereocenters. The largest absolute Gasteiger partial charge is 0.508 e. The second kappa shape index (κ2) is 12.6. The van der Waals surface area contributed by atoms with E-state index >= 15 is 0 Å². The van der Waals surface area contributed by atoms with Crippen LogP contribution in [-0.4, -0.2) is 55.4 Å². The summed E-state index contributed by atoms with van der Waals surface area (Å²) >= 11 is 0. The van der Waals surface area contributed by atoms with E-state index < -0.39 is 12.0 Å². The van der Waals surface area contributed by atoms with E-state index in [0.29, 0.717) is 36.4 Å². The molecule has 50 heavy (non-hydrogen) atoms. The maximum atomic E-state index is 14.8. The Morgan fingerprint density at radius 3 is 2.22 bits per heavy atom. The number of carbonyl (C=O) groups is 3. The third-order valence-electron chi connectivity index (χ3n) is 10.6. The summed E-state index contributed by atoms with van der Waals surface area (Å²) in [6.45, 7) is 3.63. The van der Waals surface area contributed by atoms with Gasteiger partial charge in [0.15, 0.2) is 0 Å². The quantitative estimate of drug-likeness (QED) is 0.234. The molecule has 4 aliphatic rings. The van der Waals surface area contributed by atoms with Crippen LogP contribution in [0.2, 0.25) is 0 Å². The summed E-state index contributed by atoms with van der Waals surface area (Å²) in [6.07, 6.45) is 6.23. The van der Waals surface area contributed by atoms with Crippen LogP contribution in [0.4, 0.5) is 16.2 Å². The Morgan fingerprint density at radius 1 is 0.800 bits per heavy atom.